The van der Waals surface area contributed by atoms with Crippen LogP contribution in [-0.4, -0.2) is 4.99 Å². The lowest BCUT2D eigenvalue weighted by molar-refractivity contribution is 0.705. The molecule has 1 N–H and O–H groups in total. The lowest BCUT2D eigenvalue weighted by Crippen LogP contribution is -2.20. The maximum Gasteiger partial charge on any atom is 0.0797 e. The summed E-state index contributed by atoms with van der Waals surface area (Å²) in [5, 5.41) is 3.33. The van der Waals surface area contributed by atoms with Crippen LogP contribution in [0.3, 0.4) is 0 Å². The summed E-state index contributed by atoms with van der Waals surface area (Å²) in [6.45, 7) is 2.27. The van der Waals surface area contributed by atoms with Crippen LogP contribution in [0.4, 0.5) is 0 Å². The van der Waals surface area contributed by atoms with Crippen molar-refractivity contribution in [1.29, 1.82) is 0 Å². The number of hydrogen-bond acceptors (Lipinski definition) is 1. The van der Waals surface area contributed by atoms with Gasteiger partial charge in [-0.1, -0.05) is 31.3 Å². The third-order valence-electron chi connectivity index (χ3n) is 2.65. The number of thiocarbonyl (C=S) groups is 1. The molecular formula is C11H15NS. The number of rotatable bonds is 0. The van der Waals surface area contributed by atoms with E-state index in [4.69, 9.17) is 12.2 Å². The highest BCUT2D eigenvalue weighted by molar-refractivity contribution is 7.80. The number of allylic oxidation sites excluding steroid dienone is 3. The van der Waals surface area contributed by atoms with Crippen molar-refractivity contribution in [2.24, 2.45) is 5.92 Å². The molecule has 1 heterocycles. The molecule has 0 saturated carbocycles. The molecule has 2 heteroatoms. The molecule has 1 saturated heterocycles. The van der Waals surface area contributed by atoms with Crippen LogP contribution in [0, 0.1) is 5.92 Å². The van der Waals surface area contributed by atoms with E-state index in [0.29, 0.717) is 5.92 Å². The normalized spacial score (nSPS) is 28.1. The minimum absolute atomic E-state index is 0.701. The van der Waals surface area contributed by atoms with Crippen molar-refractivity contribution in [2.45, 2.75) is 32.6 Å². The summed E-state index contributed by atoms with van der Waals surface area (Å²) < 4.78 is 0. The topological polar surface area (TPSA) is 12.0 Å². The van der Waals surface area contributed by atoms with Gasteiger partial charge in [-0.05, 0) is 37.2 Å². The van der Waals surface area contributed by atoms with Gasteiger partial charge in [0.25, 0.3) is 0 Å². The van der Waals surface area contributed by atoms with Gasteiger partial charge in [-0.3, -0.25) is 0 Å². The van der Waals surface area contributed by atoms with Crippen LogP contribution in [-0.2, 0) is 0 Å². The quantitative estimate of drug-likeness (QED) is 0.594. The molecule has 70 valence electrons. The van der Waals surface area contributed by atoms with Crippen LogP contribution in [0.2, 0.25) is 0 Å². The highest BCUT2D eigenvalue weighted by Gasteiger charge is 2.16. The highest BCUT2D eigenvalue weighted by atomic mass is 32.1. The van der Waals surface area contributed by atoms with Gasteiger partial charge < -0.3 is 5.32 Å². The maximum atomic E-state index is 5.21. The minimum Gasteiger partial charge on any atom is -0.350 e. The molecule has 1 aliphatic carbocycles. The molecule has 0 aromatic heterocycles. The zero-order chi connectivity index (χ0) is 9.26. The molecule has 0 aromatic rings. The first-order valence-corrected chi connectivity index (χ1v) is 5.37. The fourth-order valence-corrected chi connectivity index (χ4v) is 2.19. The molecular weight excluding hydrogens is 178 g/mol. The van der Waals surface area contributed by atoms with Crippen molar-refractivity contribution in [1.82, 2.24) is 5.32 Å². The first-order valence-electron chi connectivity index (χ1n) is 4.97. The van der Waals surface area contributed by atoms with Gasteiger partial charge in [-0.15, -0.1) is 0 Å². The van der Waals surface area contributed by atoms with Crippen LogP contribution in [0.1, 0.15) is 32.6 Å². The summed E-state index contributed by atoms with van der Waals surface area (Å²) in [5.41, 5.74) is 2.75. The van der Waals surface area contributed by atoms with Crippen molar-refractivity contribution in [3.8, 4) is 0 Å². The molecule has 2 rings (SSSR count). The van der Waals surface area contributed by atoms with Gasteiger partial charge in [0.05, 0.1) is 4.99 Å². The lowest BCUT2D eigenvalue weighted by atomic mass is 9.93. The fraction of sp³-hybridized carbons (Fsp3) is 0.545. The minimum atomic E-state index is 0.701. The monoisotopic (exact) mass is 193 g/mol. The van der Waals surface area contributed by atoms with E-state index >= 15 is 0 Å². The average Bonchev–Trinajstić information content (AvgIpc) is 2.25. The maximum absolute atomic E-state index is 5.21. The Morgan fingerprint density at radius 3 is 3.15 bits per heavy atom. The smallest absolute Gasteiger partial charge is 0.0797 e. The van der Waals surface area contributed by atoms with Gasteiger partial charge in [0.2, 0.25) is 0 Å². The molecule has 1 atom stereocenters. The second-order valence-electron chi connectivity index (χ2n) is 3.92. The summed E-state index contributed by atoms with van der Waals surface area (Å²) in [6, 6.07) is 0. The van der Waals surface area contributed by atoms with Gasteiger partial charge >= 0.3 is 0 Å². The van der Waals surface area contributed by atoms with Crippen molar-refractivity contribution in [3.05, 3.63) is 23.4 Å². The molecule has 1 nitrogen and oxygen atoms in total. The molecule has 0 aromatic carbocycles. The zero-order valence-corrected chi connectivity index (χ0v) is 8.79. The van der Waals surface area contributed by atoms with Crippen LogP contribution in [0.5, 0.6) is 0 Å². The predicted octanol–water partition coefficient (Wildman–Crippen LogP) is 2.94. The van der Waals surface area contributed by atoms with E-state index in [1.807, 2.05) is 0 Å². The van der Waals surface area contributed by atoms with E-state index < -0.39 is 0 Å². The van der Waals surface area contributed by atoms with Gasteiger partial charge in [-0.2, -0.15) is 0 Å². The van der Waals surface area contributed by atoms with E-state index in [1.165, 1.54) is 24.1 Å². The molecule has 1 unspecified atom stereocenters. The summed E-state index contributed by atoms with van der Waals surface area (Å²) in [6.07, 6.45) is 9.24. The van der Waals surface area contributed by atoms with Crippen molar-refractivity contribution < 1.29 is 0 Å². The largest absolute Gasteiger partial charge is 0.350 e. The summed E-state index contributed by atoms with van der Waals surface area (Å²) >= 11 is 5.21. The Balaban J connectivity index is 2.23. The van der Waals surface area contributed by atoms with Crippen molar-refractivity contribution in [3.63, 3.8) is 0 Å². The standard InChI is InChI=1S/C11H15NS/c1-8-5-6-10-9(7-8)3-2-4-11(13)12-10/h6-8H,2-5H2,1H3,(H,12,13). The van der Waals surface area contributed by atoms with E-state index in [2.05, 4.69) is 24.4 Å². The zero-order valence-electron chi connectivity index (χ0n) is 7.97. The molecule has 0 spiro atoms. The van der Waals surface area contributed by atoms with Gasteiger partial charge in [0.15, 0.2) is 0 Å². The van der Waals surface area contributed by atoms with Crippen molar-refractivity contribution in [2.75, 3.05) is 0 Å². The third kappa shape index (κ3) is 1.99. The Morgan fingerprint density at radius 1 is 1.46 bits per heavy atom. The SMILES string of the molecule is CC1C=C2CCCC(=S)NC2=CC1. The Morgan fingerprint density at radius 2 is 2.31 bits per heavy atom. The molecule has 2 aliphatic rings. The summed E-state index contributed by atoms with van der Waals surface area (Å²) in [5.74, 6) is 0.701. The number of fused-ring (bicyclic) bond motifs is 1. The predicted molar refractivity (Wildman–Crippen MR) is 59.5 cm³/mol. The molecule has 0 bridgehead atoms. The Hall–Kier alpha value is -0.630. The third-order valence-corrected chi connectivity index (χ3v) is 2.96. The van der Waals surface area contributed by atoms with Gasteiger partial charge in [0.1, 0.15) is 0 Å². The van der Waals surface area contributed by atoms with Crippen molar-refractivity contribution >= 4 is 17.2 Å². The molecule has 0 radical (unpaired) electrons. The Kier molecular flexibility index (Phi) is 2.49. The van der Waals surface area contributed by atoms with E-state index in [0.717, 1.165) is 17.8 Å². The van der Waals surface area contributed by atoms with E-state index in [-0.39, 0.29) is 0 Å². The lowest BCUT2D eigenvalue weighted by Gasteiger charge is -2.18. The molecule has 1 fully saturated rings. The van der Waals surface area contributed by atoms with Crippen LogP contribution in [0.15, 0.2) is 23.4 Å². The first-order chi connectivity index (χ1) is 6.25. The van der Waals surface area contributed by atoms with E-state index in [9.17, 15) is 0 Å². The second kappa shape index (κ2) is 3.62. The first kappa shape index (κ1) is 8.95. The van der Waals surface area contributed by atoms with Crippen LogP contribution >= 0.6 is 12.2 Å². The van der Waals surface area contributed by atoms with Crippen LogP contribution in [0.25, 0.3) is 0 Å². The molecule has 13 heavy (non-hydrogen) atoms. The number of hydrogen-bond donors (Lipinski definition) is 1. The molecule has 1 aliphatic heterocycles. The second-order valence-corrected chi connectivity index (χ2v) is 4.42. The Bertz CT molecular complexity index is 288. The van der Waals surface area contributed by atoms with E-state index in [1.54, 1.807) is 0 Å². The van der Waals surface area contributed by atoms with Gasteiger partial charge in [-0.25, -0.2) is 0 Å². The average molecular weight is 193 g/mol. The highest BCUT2D eigenvalue weighted by Crippen LogP contribution is 2.27. The number of nitrogens with one attached hydrogen (secondary N) is 1. The van der Waals surface area contributed by atoms with Gasteiger partial charge in [0, 0.05) is 5.70 Å². The molecule has 0 amide bonds. The Labute approximate surface area is 84.9 Å². The summed E-state index contributed by atoms with van der Waals surface area (Å²) in [7, 11) is 0. The van der Waals surface area contributed by atoms with Crippen LogP contribution < -0.4 is 5.32 Å². The fourth-order valence-electron chi connectivity index (χ4n) is 1.94. The summed E-state index contributed by atoms with van der Waals surface area (Å²) in [4.78, 5) is 1.00.